The maximum atomic E-state index is 7.25. The van der Waals surface area contributed by atoms with Gasteiger partial charge in [-0.2, -0.15) is 0 Å². The van der Waals surface area contributed by atoms with Crippen molar-refractivity contribution < 1.29 is 9.15 Å². The number of hydrogen-bond acceptors (Lipinski definition) is 3. The van der Waals surface area contributed by atoms with Crippen molar-refractivity contribution in [1.82, 2.24) is 0 Å². The maximum Gasteiger partial charge on any atom is 0.140 e. The quantitative estimate of drug-likeness (QED) is 0.178. The van der Waals surface area contributed by atoms with Gasteiger partial charge in [-0.25, -0.2) is 0 Å². The van der Waals surface area contributed by atoms with Gasteiger partial charge in [0.2, 0.25) is 0 Å². The van der Waals surface area contributed by atoms with Gasteiger partial charge in [-0.05, 0) is 93.9 Å². The molecule has 0 atom stereocenters. The summed E-state index contributed by atoms with van der Waals surface area (Å²) in [5, 5.41) is 6.84. The predicted octanol–water partition coefficient (Wildman–Crippen LogP) is 15.6. The van der Waals surface area contributed by atoms with Crippen LogP contribution in [0.4, 0.5) is 17.1 Å². The van der Waals surface area contributed by atoms with Gasteiger partial charge in [0.25, 0.3) is 0 Å². The minimum Gasteiger partial charge on any atom is -0.456 e. The van der Waals surface area contributed by atoms with Gasteiger partial charge in [-0.3, -0.25) is 0 Å². The van der Waals surface area contributed by atoms with Gasteiger partial charge in [0.15, 0.2) is 0 Å². The highest BCUT2D eigenvalue weighted by atomic mass is 16.5. The molecule has 3 aliphatic rings. The minimum atomic E-state index is -0.552. The van der Waals surface area contributed by atoms with Crippen molar-refractivity contribution in [3.05, 3.63) is 228 Å². The highest BCUT2D eigenvalue weighted by Gasteiger charge is 2.53. The maximum absolute atomic E-state index is 7.25. The Morgan fingerprint density at radius 2 is 1.12 bits per heavy atom. The van der Waals surface area contributed by atoms with Gasteiger partial charge >= 0.3 is 0 Å². The van der Waals surface area contributed by atoms with Gasteiger partial charge in [0.1, 0.15) is 22.7 Å². The Hall–Kier alpha value is -7.62. The third-order valence-electron chi connectivity index (χ3n) is 13.2. The average molecular weight is 768 g/mol. The molecule has 2 aliphatic carbocycles. The van der Waals surface area contributed by atoms with Crippen molar-refractivity contribution in [3.8, 4) is 22.6 Å². The van der Waals surface area contributed by atoms with Gasteiger partial charge in [-0.1, -0.05) is 158 Å². The lowest BCUT2D eigenvalue weighted by molar-refractivity contribution is 0.442. The summed E-state index contributed by atoms with van der Waals surface area (Å²) >= 11 is 0. The molecule has 10 aromatic rings. The number of nitrogens with zero attached hydrogens (tertiary/aromatic N) is 1. The number of para-hydroxylation sites is 3. The molecule has 1 aliphatic heterocycles. The normalized spacial score (nSPS) is 14.7. The molecule has 60 heavy (non-hydrogen) atoms. The lowest BCUT2D eigenvalue weighted by Crippen LogP contribution is -2.33. The molecule has 0 fully saturated rings. The summed E-state index contributed by atoms with van der Waals surface area (Å²) < 4.78 is 13.6. The second-order valence-corrected chi connectivity index (χ2v) is 16.2. The number of hydrogen-bond donors (Lipinski definition) is 0. The largest absolute Gasteiger partial charge is 0.456 e. The van der Waals surface area contributed by atoms with E-state index in [0.29, 0.717) is 0 Å². The average Bonchev–Trinajstić information content (AvgIpc) is 3.83. The fourth-order valence-electron chi connectivity index (χ4n) is 10.7. The zero-order valence-electron chi connectivity index (χ0n) is 32.7. The lowest BCUT2D eigenvalue weighted by Gasteiger charge is -2.42. The van der Waals surface area contributed by atoms with E-state index in [1.54, 1.807) is 0 Å². The van der Waals surface area contributed by atoms with Gasteiger partial charge < -0.3 is 14.1 Å². The Morgan fingerprint density at radius 1 is 0.467 bits per heavy atom. The van der Waals surface area contributed by atoms with Crippen LogP contribution in [0.1, 0.15) is 35.1 Å². The second-order valence-electron chi connectivity index (χ2n) is 16.2. The zero-order valence-corrected chi connectivity index (χ0v) is 32.7. The molecule has 9 aromatic carbocycles. The molecule has 0 unspecified atom stereocenters. The number of furan rings is 1. The molecule has 0 radical (unpaired) electrons. The summed E-state index contributed by atoms with van der Waals surface area (Å²) in [5.74, 6) is 1.91. The number of fused-ring (bicyclic) bond motifs is 15. The van der Waals surface area contributed by atoms with Crippen LogP contribution in [0.25, 0.3) is 60.2 Å². The Labute approximate surface area is 347 Å². The lowest BCUT2D eigenvalue weighted by atomic mass is 9.63. The molecule has 1 aromatic heterocycles. The summed E-state index contributed by atoms with van der Waals surface area (Å²) in [5.41, 5.74) is 14.7. The van der Waals surface area contributed by atoms with Crippen LogP contribution in [0.3, 0.4) is 0 Å². The number of benzene rings is 9. The highest BCUT2D eigenvalue weighted by Crippen LogP contribution is 2.66. The van der Waals surface area contributed by atoms with Crippen molar-refractivity contribution >= 4 is 66.1 Å². The highest BCUT2D eigenvalue weighted by molar-refractivity contribution is 6.08. The topological polar surface area (TPSA) is 25.6 Å². The smallest absolute Gasteiger partial charge is 0.140 e. The molecule has 0 N–H and O–H groups in total. The van der Waals surface area contributed by atoms with Crippen LogP contribution in [-0.2, 0) is 5.41 Å². The van der Waals surface area contributed by atoms with E-state index in [4.69, 9.17) is 9.15 Å². The molecule has 0 saturated heterocycles. The van der Waals surface area contributed by atoms with E-state index in [2.05, 4.69) is 193 Å². The minimum absolute atomic E-state index is 0.552. The Kier molecular flexibility index (Phi) is 7.06. The predicted molar refractivity (Wildman–Crippen MR) is 247 cm³/mol. The molecule has 0 saturated carbocycles. The van der Waals surface area contributed by atoms with Crippen molar-refractivity contribution in [2.24, 2.45) is 0 Å². The molecule has 2 heterocycles. The molecule has 3 nitrogen and oxygen atoms in total. The van der Waals surface area contributed by atoms with E-state index in [0.717, 1.165) is 74.1 Å². The third kappa shape index (κ3) is 4.55. The summed E-state index contributed by atoms with van der Waals surface area (Å²) in [4.78, 5) is 2.41. The first-order valence-electron chi connectivity index (χ1n) is 20.9. The van der Waals surface area contributed by atoms with E-state index in [1.807, 2.05) is 12.1 Å². The van der Waals surface area contributed by atoms with Gasteiger partial charge in [-0.15, -0.1) is 0 Å². The molecule has 0 amide bonds. The standard InChI is InChI=1S/C57H37NO2/c1-2-17-38(18-3-1)58(39-31-34-53-46(35-39)43-22-10-13-28-52(43)59-53)51-27-12-9-21-42(51)44-24-14-26-48-54(44)45-23-8-11-25-47(45)57(48)49-32-29-36-15-4-6-19-40(36)55(49)60-56-41-20-7-5-16-37(41)30-33-50(56)57/h1-10,12-24,26-35H,11,25H2. The molecule has 1 spiro atoms. The van der Waals surface area contributed by atoms with Crippen molar-refractivity contribution in [3.63, 3.8) is 0 Å². The summed E-state index contributed by atoms with van der Waals surface area (Å²) in [6.07, 6.45) is 6.71. The van der Waals surface area contributed by atoms with Crippen LogP contribution >= 0.6 is 0 Å². The van der Waals surface area contributed by atoms with E-state index in [-0.39, 0.29) is 0 Å². The Balaban J connectivity index is 1.10. The van der Waals surface area contributed by atoms with Crippen LogP contribution in [-0.4, -0.2) is 0 Å². The van der Waals surface area contributed by atoms with Crippen LogP contribution in [0.5, 0.6) is 11.5 Å². The van der Waals surface area contributed by atoms with Crippen LogP contribution < -0.4 is 9.64 Å². The Bertz CT molecular complexity index is 3390. The number of ether oxygens (including phenoxy) is 1. The fraction of sp³-hybridized carbons (Fsp3) is 0.0526. The fourth-order valence-corrected chi connectivity index (χ4v) is 10.7. The SMILES string of the molecule is C1=CC2=C(CC1)C1(c3cccc(-c4ccccc4N(c4ccccc4)c4ccc5oc6ccccc6c5c4)c32)c2ccc3ccccc3c2Oc2c1ccc1ccccc21. The number of anilines is 3. The van der Waals surface area contributed by atoms with Crippen LogP contribution in [0, 0.1) is 0 Å². The van der Waals surface area contributed by atoms with E-state index in [1.165, 1.54) is 55.3 Å². The van der Waals surface area contributed by atoms with Crippen molar-refractivity contribution in [2.45, 2.75) is 18.3 Å². The third-order valence-corrected chi connectivity index (χ3v) is 13.2. The molecule has 0 bridgehead atoms. The molecule has 3 heteroatoms. The first kappa shape index (κ1) is 33.4. The molecule has 282 valence electrons. The van der Waals surface area contributed by atoms with Gasteiger partial charge in [0.05, 0.1) is 11.1 Å². The van der Waals surface area contributed by atoms with E-state index in [9.17, 15) is 0 Å². The first-order chi connectivity index (χ1) is 29.8. The van der Waals surface area contributed by atoms with Crippen molar-refractivity contribution in [2.75, 3.05) is 4.90 Å². The van der Waals surface area contributed by atoms with Crippen LogP contribution in [0.15, 0.2) is 210 Å². The monoisotopic (exact) mass is 767 g/mol. The number of rotatable bonds is 4. The summed E-state index contributed by atoms with van der Waals surface area (Å²) in [6, 6.07) is 68.2. The molecular weight excluding hydrogens is 731 g/mol. The van der Waals surface area contributed by atoms with E-state index >= 15 is 0 Å². The Morgan fingerprint density at radius 3 is 1.90 bits per heavy atom. The first-order valence-corrected chi connectivity index (χ1v) is 20.9. The van der Waals surface area contributed by atoms with Crippen molar-refractivity contribution in [1.29, 1.82) is 0 Å². The molecular formula is C57H37NO2. The van der Waals surface area contributed by atoms with Crippen LogP contribution in [0.2, 0.25) is 0 Å². The zero-order chi connectivity index (χ0) is 39.4. The van der Waals surface area contributed by atoms with E-state index < -0.39 is 5.41 Å². The van der Waals surface area contributed by atoms with Gasteiger partial charge in [0, 0.05) is 49.6 Å². The summed E-state index contributed by atoms with van der Waals surface area (Å²) in [6.45, 7) is 0. The summed E-state index contributed by atoms with van der Waals surface area (Å²) in [7, 11) is 0. The number of allylic oxidation sites excluding steroid dienone is 4. The second kappa shape index (κ2) is 12.7. The molecule has 13 rings (SSSR count).